The van der Waals surface area contributed by atoms with Crippen LogP contribution in [-0.2, 0) is 9.53 Å². The molecule has 1 heterocycles. The van der Waals surface area contributed by atoms with Crippen LogP contribution < -0.4 is 0 Å². The monoisotopic (exact) mass is 197 g/mol. The maximum atomic E-state index is 11.4. The topological polar surface area (TPSA) is 29.5 Å². The van der Waals surface area contributed by atoms with Crippen LogP contribution >= 0.6 is 0 Å². The molecule has 0 saturated carbocycles. The maximum absolute atomic E-state index is 11.4. The highest BCUT2D eigenvalue weighted by atomic mass is 16.6. The van der Waals surface area contributed by atoms with Gasteiger partial charge < -0.3 is 9.64 Å². The summed E-state index contributed by atoms with van der Waals surface area (Å²) >= 11 is 0. The largest absolute Gasteiger partial charge is 0.457 e. The number of ether oxygens (including phenoxy) is 1. The van der Waals surface area contributed by atoms with Crippen molar-refractivity contribution in [3.8, 4) is 0 Å². The van der Waals surface area contributed by atoms with Crippen LogP contribution in [0.25, 0.3) is 0 Å². The highest BCUT2D eigenvalue weighted by molar-refractivity contribution is 5.83. The lowest BCUT2D eigenvalue weighted by atomic mass is 10.2. The van der Waals surface area contributed by atoms with Gasteiger partial charge in [0.05, 0.1) is 0 Å². The van der Waals surface area contributed by atoms with E-state index in [1.54, 1.807) is 6.08 Å². The molecule has 80 valence electrons. The summed E-state index contributed by atoms with van der Waals surface area (Å²) in [5.74, 6) is -0.220. The summed E-state index contributed by atoms with van der Waals surface area (Å²) in [6.07, 6.45) is 2.62. The lowest BCUT2D eigenvalue weighted by molar-refractivity contribution is -0.148. The first-order chi connectivity index (χ1) is 6.37. The smallest absolute Gasteiger partial charge is 0.331 e. The molecule has 0 unspecified atom stereocenters. The summed E-state index contributed by atoms with van der Waals surface area (Å²) in [6, 6.07) is 0. The van der Waals surface area contributed by atoms with Crippen LogP contribution in [0.15, 0.2) is 11.6 Å². The van der Waals surface area contributed by atoms with Crippen molar-refractivity contribution < 1.29 is 9.53 Å². The average molecular weight is 197 g/mol. The minimum absolute atomic E-state index is 0.220. The van der Waals surface area contributed by atoms with E-state index in [1.807, 2.05) is 20.8 Å². The molecule has 3 nitrogen and oxygen atoms in total. The van der Waals surface area contributed by atoms with E-state index >= 15 is 0 Å². The average Bonchev–Trinajstić information content (AvgIpc) is 2.30. The molecule has 0 aromatic carbocycles. The van der Waals surface area contributed by atoms with Crippen molar-refractivity contribution in [2.24, 2.45) is 0 Å². The zero-order chi connectivity index (χ0) is 10.8. The van der Waals surface area contributed by atoms with Crippen LogP contribution in [0.2, 0.25) is 0 Å². The molecule has 0 N–H and O–H groups in total. The van der Waals surface area contributed by atoms with Crippen molar-refractivity contribution in [3.05, 3.63) is 11.6 Å². The van der Waals surface area contributed by atoms with E-state index in [4.69, 9.17) is 4.74 Å². The number of likely N-dealkylation sites (tertiary alicyclic amines) is 1. The normalized spacial score (nSPS) is 21.6. The second kappa shape index (κ2) is 4.13. The fraction of sp³-hybridized carbons (Fsp3) is 0.727. The number of nitrogens with zero attached hydrogens (tertiary/aromatic N) is 1. The second-order valence-electron chi connectivity index (χ2n) is 4.82. The highest BCUT2D eigenvalue weighted by Crippen LogP contribution is 2.14. The standard InChI is InChI=1S/C11H19NO2/c1-11(2,3)14-10(13)7-9-5-6-12(4)8-9/h7H,5-6,8H2,1-4H3/b9-7-. The van der Waals surface area contributed by atoms with Crippen LogP contribution in [0.1, 0.15) is 27.2 Å². The van der Waals surface area contributed by atoms with Gasteiger partial charge in [-0.05, 0) is 39.8 Å². The van der Waals surface area contributed by atoms with Gasteiger partial charge in [0.1, 0.15) is 5.60 Å². The summed E-state index contributed by atoms with van der Waals surface area (Å²) in [5.41, 5.74) is 0.778. The third kappa shape index (κ3) is 3.92. The molecule has 1 aliphatic rings. The second-order valence-corrected chi connectivity index (χ2v) is 4.82. The van der Waals surface area contributed by atoms with Crippen molar-refractivity contribution in [1.29, 1.82) is 0 Å². The van der Waals surface area contributed by atoms with E-state index in [0.717, 1.165) is 19.5 Å². The molecular formula is C11H19NO2. The van der Waals surface area contributed by atoms with Crippen molar-refractivity contribution in [2.45, 2.75) is 32.8 Å². The molecule has 0 aliphatic carbocycles. The van der Waals surface area contributed by atoms with Crippen molar-refractivity contribution >= 4 is 5.97 Å². The first-order valence-corrected chi connectivity index (χ1v) is 4.98. The molecule has 3 heteroatoms. The van der Waals surface area contributed by atoms with Gasteiger partial charge in [0, 0.05) is 19.2 Å². The summed E-state index contributed by atoms with van der Waals surface area (Å²) < 4.78 is 5.20. The van der Waals surface area contributed by atoms with Crippen LogP contribution in [0.4, 0.5) is 0 Å². The number of hydrogen-bond acceptors (Lipinski definition) is 3. The van der Waals surface area contributed by atoms with Gasteiger partial charge in [-0.25, -0.2) is 4.79 Å². The van der Waals surface area contributed by atoms with E-state index in [9.17, 15) is 4.79 Å². The Balaban J connectivity index is 2.48. The molecule has 1 rings (SSSR count). The first kappa shape index (κ1) is 11.2. The van der Waals surface area contributed by atoms with Crippen LogP contribution in [0, 0.1) is 0 Å². The van der Waals surface area contributed by atoms with E-state index < -0.39 is 5.60 Å². The molecule has 0 spiro atoms. The summed E-state index contributed by atoms with van der Waals surface area (Å²) in [5, 5.41) is 0. The molecule has 0 aromatic heterocycles. The van der Waals surface area contributed by atoms with E-state index in [2.05, 4.69) is 11.9 Å². The summed E-state index contributed by atoms with van der Waals surface area (Å²) in [7, 11) is 2.05. The molecule has 0 radical (unpaired) electrons. The summed E-state index contributed by atoms with van der Waals surface area (Å²) in [4.78, 5) is 13.6. The number of rotatable bonds is 1. The molecule has 0 amide bonds. The fourth-order valence-corrected chi connectivity index (χ4v) is 1.45. The number of carbonyl (C=O) groups excluding carboxylic acids is 1. The van der Waals surface area contributed by atoms with E-state index in [0.29, 0.717) is 0 Å². The zero-order valence-electron chi connectivity index (χ0n) is 9.46. The molecule has 1 fully saturated rings. The van der Waals surface area contributed by atoms with E-state index in [-0.39, 0.29) is 5.97 Å². The van der Waals surface area contributed by atoms with E-state index in [1.165, 1.54) is 5.57 Å². The van der Waals surface area contributed by atoms with Gasteiger partial charge in [-0.1, -0.05) is 0 Å². The third-order valence-electron chi connectivity index (χ3n) is 2.02. The number of carbonyl (C=O) groups is 1. The van der Waals surface area contributed by atoms with Crippen LogP contribution in [-0.4, -0.2) is 36.6 Å². The molecule has 0 bridgehead atoms. The van der Waals surface area contributed by atoms with Gasteiger partial charge in [0.15, 0.2) is 0 Å². The Labute approximate surface area is 85.7 Å². The van der Waals surface area contributed by atoms with Crippen molar-refractivity contribution in [2.75, 3.05) is 20.1 Å². The quantitative estimate of drug-likeness (QED) is 0.472. The zero-order valence-corrected chi connectivity index (χ0v) is 9.46. The minimum atomic E-state index is -0.390. The molecule has 14 heavy (non-hydrogen) atoms. The van der Waals surface area contributed by atoms with Crippen LogP contribution in [0.3, 0.4) is 0 Å². The van der Waals surface area contributed by atoms with Crippen molar-refractivity contribution in [3.63, 3.8) is 0 Å². The molecule has 0 atom stereocenters. The molecular weight excluding hydrogens is 178 g/mol. The minimum Gasteiger partial charge on any atom is -0.457 e. The van der Waals surface area contributed by atoms with Gasteiger partial charge >= 0.3 is 5.97 Å². The number of esters is 1. The predicted octanol–water partition coefficient (Wildman–Crippen LogP) is 1.59. The van der Waals surface area contributed by atoms with Crippen molar-refractivity contribution in [1.82, 2.24) is 4.90 Å². The van der Waals surface area contributed by atoms with Gasteiger partial charge in [-0.3, -0.25) is 0 Å². The number of likely N-dealkylation sites (N-methyl/N-ethyl adjacent to an activating group) is 1. The molecule has 1 saturated heterocycles. The Kier molecular flexibility index (Phi) is 3.32. The highest BCUT2D eigenvalue weighted by Gasteiger charge is 2.17. The van der Waals surface area contributed by atoms with Gasteiger partial charge in [0.25, 0.3) is 0 Å². The third-order valence-corrected chi connectivity index (χ3v) is 2.02. The predicted molar refractivity (Wildman–Crippen MR) is 56.0 cm³/mol. The Morgan fingerprint density at radius 3 is 2.57 bits per heavy atom. The molecule has 1 aliphatic heterocycles. The van der Waals surface area contributed by atoms with Gasteiger partial charge in [0.2, 0.25) is 0 Å². The Morgan fingerprint density at radius 1 is 1.50 bits per heavy atom. The molecule has 0 aromatic rings. The Bertz CT molecular complexity index is 251. The summed E-state index contributed by atoms with van der Waals surface area (Å²) in [6.45, 7) is 7.56. The number of hydrogen-bond donors (Lipinski definition) is 0. The van der Waals surface area contributed by atoms with Gasteiger partial charge in [-0.15, -0.1) is 0 Å². The lowest BCUT2D eigenvalue weighted by Gasteiger charge is -2.18. The SMILES string of the molecule is CN1CC/C(=C/C(=O)OC(C)(C)C)C1. The fourth-order valence-electron chi connectivity index (χ4n) is 1.45. The maximum Gasteiger partial charge on any atom is 0.331 e. The first-order valence-electron chi connectivity index (χ1n) is 4.98. The lowest BCUT2D eigenvalue weighted by Crippen LogP contribution is -2.23. The van der Waals surface area contributed by atoms with Gasteiger partial charge in [-0.2, -0.15) is 0 Å². The van der Waals surface area contributed by atoms with Crippen LogP contribution in [0.5, 0.6) is 0 Å². The Hall–Kier alpha value is -0.830. The Morgan fingerprint density at radius 2 is 2.14 bits per heavy atom.